The van der Waals surface area contributed by atoms with E-state index in [1.807, 2.05) is 0 Å². The molecule has 3 N–H and O–H groups in total. The molecule has 0 bridgehead atoms. The number of carboxylic acids is 1. The number of nitrogens with one attached hydrogen (secondary N) is 2. The van der Waals surface area contributed by atoms with Gasteiger partial charge in [0.15, 0.2) is 0 Å². The number of hydrogen-bond acceptors (Lipinski definition) is 4. The van der Waals surface area contributed by atoms with Crippen molar-refractivity contribution in [3.8, 4) is 0 Å². The summed E-state index contributed by atoms with van der Waals surface area (Å²) in [4.78, 5) is 45.5. The summed E-state index contributed by atoms with van der Waals surface area (Å²) < 4.78 is 0. The first-order chi connectivity index (χ1) is 7.82. The first-order valence-electron chi connectivity index (χ1n) is 4.96. The van der Waals surface area contributed by atoms with Crippen molar-refractivity contribution in [2.75, 3.05) is 6.54 Å². The summed E-state index contributed by atoms with van der Waals surface area (Å²) in [5, 5.41) is 12.9. The summed E-state index contributed by atoms with van der Waals surface area (Å²) >= 11 is 0. The van der Waals surface area contributed by atoms with Gasteiger partial charge in [0.25, 0.3) is 0 Å². The SMILES string of the molecule is CC(NC(=O)N1CC(=O)NC(=O)C1C)C(=O)O. The minimum atomic E-state index is -1.20. The highest BCUT2D eigenvalue weighted by atomic mass is 16.4. The second-order valence-corrected chi connectivity index (χ2v) is 3.73. The molecule has 1 fully saturated rings. The average molecular weight is 243 g/mol. The molecule has 0 aromatic rings. The van der Waals surface area contributed by atoms with Crippen molar-refractivity contribution in [3.05, 3.63) is 0 Å². The zero-order valence-corrected chi connectivity index (χ0v) is 9.39. The smallest absolute Gasteiger partial charge is 0.325 e. The number of carboxylic acid groups (broad SMARTS) is 1. The predicted molar refractivity (Wildman–Crippen MR) is 54.9 cm³/mol. The van der Waals surface area contributed by atoms with E-state index in [2.05, 4.69) is 10.6 Å². The molecule has 0 saturated carbocycles. The largest absolute Gasteiger partial charge is 0.480 e. The lowest BCUT2D eigenvalue weighted by Crippen LogP contribution is -2.61. The summed E-state index contributed by atoms with van der Waals surface area (Å²) in [5.41, 5.74) is 0. The number of piperazine rings is 1. The van der Waals surface area contributed by atoms with Gasteiger partial charge in [0.1, 0.15) is 18.6 Å². The summed E-state index contributed by atoms with van der Waals surface area (Å²) in [6, 6.07) is -2.65. The van der Waals surface area contributed by atoms with Gasteiger partial charge in [0, 0.05) is 0 Å². The van der Waals surface area contributed by atoms with Crippen LogP contribution in [0.4, 0.5) is 4.79 Å². The number of imide groups is 1. The lowest BCUT2D eigenvalue weighted by Gasteiger charge is -2.32. The zero-order valence-electron chi connectivity index (χ0n) is 9.39. The monoisotopic (exact) mass is 243 g/mol. The number of urea groups is 1. The molecular formula is C9H13N3O5. The molecule has 0 radical (unpaired) electrons. The molecule has 1 saturated heterocycles. The van der Waals surface area contributed by atoms with Crippen LogP contribution in [0.2, 0.25) is 0 Å². The van der Waals surface area contributed by atoms with Crippen molar-refractivity contribution in [1.82, 2.24) is 15.5 Å². The Hall–Kier alpha value is -2.12. The first-order valence-corrected chi connectivity index (χ1v) is 4.96. The molecule has 17 heavy (non-hydrogen) atoms. The molecule has 8 nitrogen and oxygen atoms in total. The number of aliphatic carboxylic acids is 1. The van der Waals surface area contributed by atoms with Gasteiger partial charge < -0.3 is 15.3 Å². The second-order valence-electron chi connectivity index (χ2n) is 3.73. The maximum absolute atomic E-state index is 11.6. The fourth-order valence-corrected chi connectivity index (χ4v) is 1.29. The van der Waals surface area contributed by atoms with Crippen molar-refractivity contribution < 1.29 is 24.3 Å². The number of nitrogens with zero attached hydrogens (tertiary/aromatic N) is 1. The third-order valence-corrected chi connectivity index (χ3v) is 2.39. The molecule has 0 aliphatic carbocycles. The van der Waals surface area contributed by atoms with Crippen molar-refractivity contribution in [2.45, 2.75) is 25.9 Å². The third kappa shape index (κ3) is 2.92. The van der Waals surface area contributed by atoms with Crippen LogP contribution < -0.4 is 10.6 Å². The van der Waals surface area contributed by atoms with Crippen LogP contribution in [0.3, 0.4) is 0 Å². The van der Waals surface area contributed by atoms with Gasteiger partial charge in [-0.15, -0.1) is 0 Å². The summed E-state index contributed by atoms with van der Waals surface area (Å²) in [7, 11) is 0. The topological polar surface area (TPSA) is 116 Å². The molecule has 1 rings (SSSR count). The van der Waals surface area contributed by atoms with Crippen LogP contribution in [0.5, 0.6) is 0 Å². The highest BCUT2D eigenvalue weighted by Gasteiger charge is 2.34. The molecule has 1 heterocycles. The maximum atomic E-state index is 11.6. The summed E-state index contributed by atoms with van der Waals surface area (Å²) in [6.07, 6.45) is 0. The Bertz CT molecular complexity index is 381. The van der Waals surface area contributed by atoms with Crippen LogP contribution in [-0.2, 0) is 14.4 Å². The maximum Gasteiger partial charge on any atom is 0.325 e. The minimum Gasteiger partial charge on any atom is -0.480 e. The van der Waals surface area contributed by atoms with Crippen LogP contribution in [0.1, 0.15) is 13.8 Å². The van der Waals surface area contributed by atoms with Crippen LogP contribution in [-0.4, -0.2) is 52.4 Å². The van der Waals surface area contributed by atoms with E-state index in [0.717, 1.165) is 4.90 Å². The van der Waals surface area contributed by atoms with E-state index in [0.29, 0.717) is 0 Å². The van der Waals surface area contributed by atoms with E-state index in [9.17, 15) is 19.2 Å². The fraction of sp³-hybridized carbons (Fsp3) is 0.556. The first kappa shape index (κ1) is 12.9. The Morgan fingerprint density at radius 2 is 2.12 bits per heavy atom. The van der Waals surface area contributed by atoms with Gasteiger partial charge in [-0.3, -0.25) is 19.7 Å². The van der Waals surface area contributed by atoms with Gasteiger partial charge in [0.2, 0.25) is 11.8 Å². The Labute approximate surface area is 97.0 Å². The molecule has 94 valence electrons. The van der Waals surface area contributed by atoms with Crippen molar-refractivity contribution in [1.29, 1.82) is 0 Å². The van der Waals surface area contributed by atoms with E-state index >= 15 is 0 Å². The summed E-state index contributed by atoms with van der Waals surface area (Å²) in [6.45, 7) is 2.47. The zero-order chi connectivity index (χ0) is 13.2. The molecule has 0 aromatic heterocycles. The molecule has 2 unspecified atom stereocenters. The quantitative estimate of drug-likeness (QED) is 0.511. The third-order valence-electron chi connectivity index (χ3n) is 2.39. The number of carbonyl (C=O) groups is 4. The minimum absolute atomic E-state index is 0.273. The molecule has 0 spiro atoms. The lowest BCUT2D eigenvalue weighted by molar-refractivity contribution is -0.138. The number of amides is 4. The molecule has 1 aliphatic heterocycles. The van der Waals surface area contributed by atoms with Crippen molar-refractivity contribution in [2.24, 2.45) is 0 Å². The highest BCUT2D eigenvalue weighted by Crippen LogP contribution is 2.05. The Balaban J connectivity index is 2.70. The van der Waals surface area contributed by atoms with Crippen molar-refractivity contribution >= 4 is 23.8 Å². The average Bonchev–Trinajstić information content (AvgIpc) is 2.22. The second kappa shape index (κ2) is 4.81. The van der Waals surface area contributed by atoms with Gasteiger partial charge in [0.05, 0.1) is 0 Å². The van der Waals surface area contributed by atoms with E-state index in [1.54, 1.807) is 0 Å². The van der Waals surface area contributed by atoms with Crippen LogP contribution >= 0.6 is 0 Å². The Morgan fingerprint density at radius 3 is 2.65 bits per heavy atom. The van der Waals surface area contributed by atoms with Crippen LogP contribution in [0.15, 0.2) is 0 Å². The molecule has 8 heteroatoms. The molecule has 1 aliphatic rings. The number of rotatable bonds is 2. The highest BCUT2D eigenvalue weighted by molar-refractivity contribution is 6.04. The van der Waals surface area contributed by atoms with Gasteiger partial charge in [-0.1, -0.05) is 0 Å². The number of carbonyl (C=O) groups excluding carboxylic acids is 3. The molecule has 4 amide bonds. The molecule has 0 aromatic carbocycles. The van der Waals surface area contributed by atoms with Gasteiger partial charge in [-0.2, -0.15) is 0 Å². The normalized spacial score (nSPS) is 21.8. The summed E-state index contributed by atoms with van der Waals surface area (Å²) in [5.74, 6) is -2.37. The van der Waals surface area contributed by atoms with Gasteiger partial charge >= 0.3 is 12.0 Å². The van der Waals surface area contributed by atoms with E-state index < -0.39 is 35.9 Å². The lowest BCUT2D eigenvalue weighted by atomic mass is 10.2. The van der Waals surface area contributed by atoms with Crippen LogP contribution in [0.25, 0.3) is 0 Å². The van der Waals surface area contributed by atoms with E-state index in [1.165, 1.54) is 13.8 Å². The Morgan fingerprint density at radius 1 is 1.53 bits per heavy atom. The van der Waals surface area contributed by atoms with E-state index in [4.69, 9.17) is 5.11 Å². The standard InChI is InChI=1S/C9H13N3O5/c1-4(8(15)16)10-9(17)12-3-6(13)11-7(14)5(12)2/h4-5H,3H2,1-2H3,(H,10,17)(H,15,16)(H,11,13,14). The van der Waals surface area contributed by atoms with E-state index in [-0.39, 0.29) is 6.54 Å². The van der Waals surface area contributed by atoms with Crippen LogP contribution in [0, 0.1) is 0 Å². The predicted octanol–water partition coefficient (Wildman–Crippen LogP) is -1.48. The molecule has 2 atom stereocenters. The van der Waals surface area contributed by atoms with Gasteiger partial charge in [-0.25, -0.2) is 4.79 Å². The molecular weight excluding hydrogens is 230 g/mol. The fourth-order valence-electron chi connectivity index (χ4n) is 1.29. The van der Waals surface area contributed by atoms with Crippen molar-refractivity contribution in [3.63, 3.8) is 0 Å². The number of hydrogen-bond donors (Lipinski definition) is 3. The van der Waals surface area contributed by atoms with Gasteiger partial charge in [-0.05, 0) is 13.8 Å². The Kier molecular flexibility index (Phi) is 3.66.